The molecule has 3 aromatic rings. The molecule has 5 nitrogen and oxygen atoms in total. The minimum atomic E-state index is -0.709. The summed E-state index contributed by atoms with van der Waals surface area (Å²) in [6.45, 7) is 2.60. The van der Waals surface area contributed by atoms with Gasteiger partial charge in [0.15, 0.2) is 0 Å². The number of Topliss-reactive ketones (excluding diaryl/α,β-unsaturated/α-hetero) is 1. The van der Waals surface area contributed by atoms with Crippen LogP contribution in [0, 0.1) is 0 Å². The second-order valence-electron chi connectivity index (χ2n) is 7.42. The highest BCUT2D eigenvalue weighted by atomic mass is 79.9. The van der Waals surface area contributed by atoms with Gasteiger partial charge in [-0.2, -0.15) is 0 Å². The maximum Gasteiger partial charge on any atom is 0.295 e. The molecule has 3 aromatic carbocycles. The minimum Gasteiger partial charge on any atom is -0.507 e. The zero-order chi connectivity index (χ0) is 22.7. The average Bonchev–Trinajstić information content (AvgIpc) is 3.05. The first-order valence-electron chi connectivity index (χ1n) is 10.3. The third kappa shape index (κ3) is 4.32. The van der Waals surface area contributed by atoms with Crippen molar-refractivity contribution in [2.24, 2.45) is 0 Å². The second-order valence-corrected chi connectivity index (χ2v) is 8.34. The van der Waals surface area contributed by atoms with Gasteiger partial charge in [0.1, 0.15) is 11.5 Å². The van der Waals surface area contributed by atoms with Gasteiger partial charge in [-0.1, -0.05) is 70.5 Å². The number of amides is 1. The van der Waals surface area contributed by atoms with E-state index in [0.29, 0.717) is 17.9 Å². The molecule has 1 heterocycles. The summed E-state index contributed by atoms with van der Waals surface area (Å²) in [6.07, 6.45) is 0. The summed E-state index contributed by atoms with van der Waals surface area (Å²) in [5.74, 6) is -0.971. The van der Waals surface area contributed by atoms with Crippen LogP contribution < -0.4 is 4.74 Å². The zero-order valence-electron chi connectivity index (χ0n) is 17.5. The molecule has 4 rings (SSSR count). The largest absolute Gasteiger partial charge is 0.507 e. The van der Waals surface area contributed by atoms with E-state index in [0.717, 1.165) is 15.6 Å². The van der Waals surface area contributed by atoms with Gasteiger partial charge in [-0.25, -0.2) is 0 Å². The van der Waals surface area contributed by atoms with E-state index >= 15 is 0 Å². The van der Waals surface area contributed by atoms with Gasteiger partial charge >= 0.3 is 0 Å². The third-order valence-corrected chi connectivity index (χ3v) is 5.87. The second kappa shape index (κ2) is 9.40. The van der Waals surface area contributed by atoms with Crippen molar-refractivity contribution in [3.63, 3.8) is 0 Å². The Morgan fingerprint density at radius 2 is 1.72 bits per heavy atom. The van der Waals surface area contributed by atoms with Crippen LogP contribution in [-0.4, -0.2) is 28.3 Å². The Balaban J connectivity index is 1.84. The number of carbonyl (C=O) groups excluding carboxylic acids is 2. The van der Waals surface area contributed by atoms with E-state index in [4.69, 9.17) is 4.74 Å². The number of likely N-dealkylation sites (tertiary alicyclic amines) is 1. The molecule has 0 aromatic heterocycles. The fraction of sp³-hybridized carbons (Fsp3) is 0.154. The number of benzene rings is 3. The van der Waals surface area contributed by atoms with Crippen LogP contribution in [0.4, 0.5) is 0 Å². The molecule has 1 fully saturated rings. The predicted molar refractivity (Wildman–Crippen MR) is 126 cm³/mol. The van der Waals surface area contributed by atoms with Crippen LogP contribution in [0.3, 0.4) is 0 Å². The van der Waals surface area contributed by atoms with Gasteiger partial charge in [-0.3, -0.25) is 9.59 Å². The maximum atomic E-state index is 13.1. The zero-order valence-corrected chi connectivity index (χ0v) is 19.1. The van der Waals surface area contributed by atoms with Crippen molar-refractivity contribution >= 4 is 33.4 Å². The van der Waals surface area contributed by atoms with E-state index in [1.165, 1.54) is 4.90 Å². The molecule has 0 bridgehead atoms. The molecule has 1 atom stereocenters. The van der Waals surface area contributed by atoms with Crippen molar-refractivity contribution in [1.82, 2.24) is 4.90 Å². The van der Waals surface area contributed by atoms with Crippen molar-refractivity contribution < 1.29 is 19.4 Å². The third-order valence-electron chi connectivity index (χ3n) is 5.34. The summed E-state index contributed by atoms with van der Waals surface area (Å²) in [5.41, 5.74) is 2.14. The first-order chi connectivity index (χ1) is 15.5. The summed E-state index contributed by atoms with van der Waals surface area (Å²) in [7, 11) is 0. The van der Waals surface area contributed by atoms with Gasteiger partial charge in [0.25, 0.3) is 11.7 Å². The number of aliphatic hydroxyl groups is 1. The Kier molecular flexibility index (Phi) is 6.42. The van der Waals surface area contributed by atoms with Gasteiger partial charge in [0, 0.05) is 16.6 Å². The number of ether oxygens (including phenoxy) is 1. The molecule has 0 saturated carbocycles. The summed E-state index contributed by atoms with van der Waals surface area (Å²) in [4.78, 5) is 27.7. The molecule has 1 amide bonds. The normalized spacial score (nSPS) is 17.6. The van der Waals surface area contributed by atoms with E-state index in [9.17, 15) is 14.7 Å². The van der Waals surface area contributed by atoms with Crippen LogP contribution in [-0.2, 0) is 16.1 Å². The number of hydrogen-bond acceptors (Lipinski definition) is 4. The summed E-state index contributed by atoms with van der Waals surface area (Å²) < 4.78 is 6.41. The fourth-order valence-electron chi connectivity index (χ4n) is 3.87. The highest BCUT2D eigenvalue weighted by Crippen LogP contribution is 2.40. The van der Waals surface area contributed by atoms with Gasteiger partial charge in [0.05, 0.1) is 18.2 Å². The molecule has 1 aliphatic rings. The summed E-state index contributed by atoms with van der Waals surface area (Å²) in [6, 6.07) is 23.1. The quantitative estimate of drug-likeness (QED) is 0.282. The number of rotatable bonds is 6. The standard InChI is InChI=1S/C26H22BrNO4/c1-2-32-21-10-6-9-19(15-21)24(29)22-23(18-11-13-20(27)14-12-18)28(26(31)25(22)30)16-17-7-4-3-5-8-17/h3-15,23,29H,2,16H2,1H3/b24-22+. The number of aliphatic hydroxyl groups excluding tert-OH is 1. The SMILES string of the molecule is CCOc1cccc(/C(O)=C2\C(=O)C(=O)N(Cc3ccccc3)C2c2ccc(Br)cc2)c1. The molecule has 1 unspecified atom stereocenters. The molecule has 1 saturated heterocycles. The van der Waals surface area contributed by atoms with Crippen molar-refractivity contribution in [3.05, 3.63) is 106 Å². The molecule has 0 spiro atoms. The molecule has 6 heteroatoms. The van der Waals surface area contributed by atoms with E-state index in [1.54, 1.807) is 24.3 Å². The lowest BCUT2D eigenvalue weighted by Gasteiger charge is -2.25. The lowest BCUT2D eigenvalue weighted by atomic mass is 9.95. The Bertz CT molecular complexity index is 1170. The molecule has 0 radical (unpaired) electrons. The highest BCUT2D eigenvalue weighted by molar-refractivity contribution is 9.10. The van der Waals surface area contributed by atoms with E-state index in [2.05, 4.69) is 15.9 Å². The monoisotopic (exact) mass is 491 g/mol. The minimum absolute atomic E-state index is 0.0712. The lowest BCUT2D eigenvalue weighted by Crippen LogP contribution is -2.29. The molecular weight excluding hydrogens is 470 g/mol. The molecular formula is C26H22BrNO4. The Hall–Kier alpha value is -3.38. The summed E-state index contributed by atoms with van der Waals surface area (Å²) >= 11 is 3.43. The molecule has 32 heavy (non-hydrogen) atoms. The van der Waals surface area contributed by atoms with Crippen LogP contribution in [0.5, 0.6) is 5.75 Å². The van der Waals surface area contributed by atoms with Crippen LogP contribution in [0.25, 0.3) is 5.76 Å². The van der Waals surface area contributed by atoms with E-state index in [-0.39, 0.29) is 17.9 Å². The van der Waals surface area contributed by atoms with Crippen LogP contribution in [0.15, 0.2) is 88.9 Å². The lowest BCUT2D eigenvalue weighted by molar-refractivity contribution is -0.140. The van der Waals surface area contributed by atoms with Crippen LogP contribution in [0.2, 0.25) is 0 Å². The smallest absolute Gasteiger partial charge is 0.295 e. The predicted octanol–water partition coefficient (Wildman–Crippen LogP) is 5.47. The first-order valence-corrected chi connectivity index (χ1v) is 11.1. The average molecular weight is 492 g/mol. The van der Waals surface area contributed by atoms with Gasteiger partial charge in [-0.05, 0) is 42.3 Å². The van der Waals surface area contributed by atoms with Crippen molar-refractivity contribution in [3.8, 4) is 5.75 Å². The van der Waals surface area contributed by atoms with Crippen LogP contribution >= 0.6 is 15.9 Å². The first kappa shape index (κ1) is 21.8. The Morgan fingerprint density at radius 3 is 2.41 bits per heavy atom. The Labute approximate surface area is 195 Å². The summed E-state index contributed by atoms with van der Waals surface area (Å²) in [5, 5.41) is 11.2. The van der Waals surface area contributed by atoms with Crippen molar-refractivity contribution in [1.29, 1.82) is 0 Å². The van der Waals surface area contributed by atoms with Gasteiger partial charge in [-0.15, -0.1) is 0 Å². The molecule has 162 valence electrons. The highest BCUT2D eigenvalue weighted by Gasteiger charge is 2.46. The van der Waals surface area contributed by atoms with Crippen LogP contribution in [0.1, 0.15) is 29.7 Å². The van der Waals surface area contributed by atoms with Crippen molar-refractivity contribution in [2.75, 3.05) is 6.61 Å². The Morgan fingerprint density at radius 1 is 1.00 bits per heavy atom. The van der Waals surface area contributed by atoms with E-state index < -0.39 is 17.7 Å². The number of hydrogen-bond donors (Lipinski definition) is 1. The van der Waals surface area contributed by atoms with Gasteiger partial charge in [0.2, 0.25) is 0 Å². The molecule has 1 N–H and O–H groups in total. The number of ketones is 1. The van der Waals surface area contributed by atoms with Gasteiger partial charge < -0.3 is 14.7 Å². The molecule has 0 aliphatic carbocycles. The fourth-order valence-corrected chi connectivity index (χ4v) is 4.13. The maximum absolute atomic E-state index is 13.1. The number of carbonyl (C=O) groups is 2. The number of halogens is 1. The molecule has 1 aliphatic heterocycles. The van der Waals surface area contributed by atoms with E-state index in [1.807, 2.05) is 61.5 Å². The van der Waals surface area contributed by atoms with Crippen molar-refractivity contribution in [2.45, 2.75) is 19.5 Å². The topological polar surface area (TPSA) is 66.8 Å². The number of nitrogens with zero attached hydrogens (tertiary/aromatic N) is 1.